The van der Waals surface area contributed by atoms with Crippen molar-refractivity contribution >= 4 is 16.0 Å². The van der Waals surface area contributed by atoms with Gasteiger partial charge >= 0.3 is 5.97 Å². The van der Waals surface area contributed by atoms with Gasteiger partial charge in [-0.2, -0.15) is 4.31 Å². The molecule has 114 valence electrons. The van der Waals surface area contributed by atoms with Gasteiger partial charge in [-0.25, -0.2) is 13.2 Å². The Kier molecular flexibility index (Phi) is 5.11. The number of aliphatic carboxylic acids is 1. The van der Waals surface area contributed by atoms with Crippen molar-refractivity contribution in [3.05, 3.63) is 42.5 Å². The maximum atomic E-state index is 12.4. The monoisotopic (exact) mass is 310 g/mol. The summed E-state index contributed by atoms with van der Waals surface area (Å²) >= 11 is 0. The number of rotatable bonds is 5. The Balaban J connectivity index is 1.93. The van der Waals surface area contributed by atoms with Gasteiger partial charge in [0.1, 0.15) is 0 Å². The molecule has 0 atom stereocenters. The highest BCUT2D eigenvalue weighted by molar-refractivity contribution is 7.89. The zero-order valence-corrected chi connectivity index (χ0v) is 12.4. The summed E-state index contributed by atoms with van der Waals surface area (Å²) in [6, 6.07) is 8.39. The van der Waals surface area contributed by atoms with Crippen molar-refractivity contribution in [3.63, 3.8) is 0 Å². The molecule has 1 aliphatic heterocycles. The van der Waals surface area contributed by atoms with E-state index in [2.05, 4.69) is 0 Å². The second-order valence-electron chi connectivity index (χ2n) is 4.76. The van der Waals surface area contributed by atoms with E-state index in [-0.39, 0.29) is 0 Å². The molecule has 6 nitrogen and oxygen atoms in total. The number of benzene rings is 1. The zero-order valence-electron chi connectivity index (χ0n) is 11.6. The summed E-state index contributed by atoms with van der Waals surface area (Å²) in [5.74, 6) is -0.972. The summed E-state index contributed by atoms with van der Waals surface area (Å²) in [5.41, 5.74) is 0. The Hall–Kier alpha value is -1.70. The number of piperazine rings is 1. The molecule has 0 amide bonds. The topological polar surface area (TPSA) is 77.9 Å². The molecule has 0 aliphatic carbocycles. The van der Waals surface area contributed by atoms with Gasteiger partial charge in [-0.3, -0.25) is 4.90 Å². The molecule has 21 heavy (non-hydrogen) atoms. The van der Waals surface area contributed by atoms with Crippen molar-refractivity contribution in [2.75, 3.05) is 32.7 Å². The fourth-order valence-electron chi connectivity index (χ4n) is 2.20. The molecule has 1 aromatic rings. The number of carbonyl (C=O) groups is 1. The minimum Gasteiger partial charge on any atom is -0.478 e. The lowest BCUT2D eigenvalue weighted by Crippen LogP contribution is -2.48. The van der Waals surface area contributed by atoms with Crippen LogP contribution in [0.2, 0.25) is 0 Å². The SMILES string of the molecule is O=C(O)/C=C/CN1CCN(S(=O)(=O)c2ccccc2)CC1. The maximum absolute atomic E-state index is 12.4. The number of hydrogen-bond donors (Lipinski definition) is 1. The van der Waals surface area contributed by atoms with Gasteiger partial charge < -0.3 is 5.11 Å². The lowest BCUT2D eigenvalue weighted by Gasteiger charge is -2.33. The fraction of sp³-hybridized carbons (Fsp3) is 0.357. The van der Waals surface area contributed by atoms with E-state index in [0.717, 1.165) is 6.08 Å². The van der Waals surface area contributed by atoms with E-state index < -0.39 is 16.0 Å². The average molecular weight is 310 g/mol. The molecule has 1 aromatic carbocycles. The van der Waals surface area contributed by atoms with Gasteiger partial charge in [-0.1, -0.05) is 24.3 Å². The van der Waals surface area contributed by atoms with Gasteiger partial charge in [0.25, 0.3) is 0 Å². The van der Waals surface area contributed by atoms with Crippen LogP contribution in [0.3, 0.4) is 0 Å². The minimum absolute atomic E-state index is 0.309. The Morgan fingerprint density at radius 1 is 1.14 bits per heavy atom. The summed E-state index contributed by atoms with van der Waals surface area (Å²) in [6.45, 7) is 2.54. The molecule has 1 aliphatic rings. The van der Waals surface area contributed by atoms with Gasteiger partial charge in [0.05, 0.1) is 4.90 Å². The standard InChI is InChI=1S/C14H18N2O4S/c17-14(18)7-4-8-15-9-11-16(12-10-15)21(19,20)13-5-2-1-3-6-13/h1-7H,8-12H2,(H,17,18)/b7-4+. The van der Waals surface area contributed by atoms with Crippen molar-refractivity contribution in [2.45, 2.75) is 4.90 Å². The van der Waals surface area contributed by atoms with Gasteiger partial charge in [-0.15, -0.1) is 0 Å². The van der Waals surface area contributed by atoms with E-state index >= 15 is 0 Å². The predicted octanol–water partition coefficient (Wildman–Crippen LogP) is 0.634. The van der Waals surface area contributed by atoms with Crippen LogP contribution in [0.4, 0.5) is 0 Å². The van der Waals surface area contributed by atoms with Crippen LogP contribution in [-0.2, 0) is 14.8 Å². The number of nitrogens with zero attached hydrogens (tertiary/aromatic N) is 2. The van der Waals surface area contributed by atoms with Crippen LogP contribution >= 0.6 is 0 Å². The zero-order chi connectivity index (χ0) is 15.3. The minimum atomic E-state index is -3.42. The summed E-state index contributed by atoms with van der Waals surface area (Å²) in [6.07, 6.45) is 2.68. The van der Waals surface area contributed by atoms with Crippen molar-refractivity contribution in [2.24, 2.45) is 0 Å². The van der Waals surface area contributed by atoms with E-state index in [1.807, 2.05) is 4.90 Å². The molecule has 0 unspecified atom stereocenters. The number of hydrogen-bond acceptors (Lipinski definition) is 4. The first kappa shape index (κ1) is 15.7. The lowest BCUT2D eigenvalue weighted by molar-refractivity contribution is -0.131. The molecule has 7 heteroatoms. The Bertz CT molecular complexity index is 605. The Morgan fingerprint density at radius 3 is 2.33 bits per heavy atom. The van der Waals surface area contributed by atoms with E-state index in [0.29, 0.717) is 37.6 Å². The molecule has 1 saturated heterocycles. The molecule has 1 fully saturated rings. The van der Waals surface area contributed by atoms with Crippen LogP contribution in [-0.4, -0.2) is 61.4 Å². The van der Waals surface area contributed by atoms with Crippen LogP contribution in [0.1, 0.15) is 0 Å². The van der Waals surface area contributed by atoms with Crippen LogP contribution in [0.5, 0.6) is 0 Å². The van der Waals surface area contributed by atoms with Crippen LogP contribution in [0, 0.1) is 0 Å². The number of carboxylic acid groups (broad SMARTS) is 1. The molecule has 1 N–H and O–H groups in total. The summed E-state index contributed by atoms with van der Waals surface area (Å²) in [5, 5.41) is 8.52. The molecule has 1 heterocycles. The van der Waals surface area contributed by atoms with E-state index in [1.165, 1.54) is 4.31 Å². The van der Waals surface area contributed by atoms with Crippen molar-refractivity contribution in [1.82, 2.24) is 9.21 Å². The van der Waals surface area contributed by atoms with Crippen LogP contribution in [0.15, 0.2) is 47.4 Å². The third kappa shape index (κ3) is 4.13. The first-order valence-electron chi connectivity index (χ1n) is 6.67. The summed E-state index contributed by atoms with van der Waals surface area (Å²) in [7, 11) is -3.42. The van der Waals surface area contributed by atoms with E-state index in [4.69, 9.17) is 5.11 Å². The van der Waals surface area contributed by atoms with Crippen molar-refractivity contribution < 1.29 is 18.3 Å². The molecule has 2 rings (SSSR count). The van der Waals surface area contributed by atoms with Gasteiger partial charge in [0.2, 0.25) is 10.0 Å². The predicted molar refractivity (Wildman–Crippen MR) is 78.4 cm³/mol. The Morgan fingerprint density at radius 2 is 1.76 bits per heavy atom. The highest BCUT2D eigenvalue weighted by Crippen LogP contribution is 2.16. The molecular weight excluding hydrogens is 292 g/mol. The molecule has 0 radical (unpaired) electrons. The summed E-state index contributed by atoms with van der Waals surface area (Å²) in [4.78, 5) is 12.7. The lowest BCUT2D eigenvalue weighted by atomic mass is 10.3. The summed E-state index contributed by atoms with van der Waals surface area (Å²) < 4.78 is 26.3. The molecule has 0 spiro atoms. The second-order valence-corrected chi connectivity index (χ2v) is 6.70. The normalized spacial score (nSPS) is 18.1. The number of carboxylic acids is 1. The van der Waals surface area contributed by atoms with Gasteiger partial charge in [0.15, 0.2) is 0 Å². The maximum Gasteiger partial charge on any atom is 0.328 e. The van der Waals surface area contributed by atoms with Crippen molar-refractivity contribution in [1.29, 1.82) is 0 Å². The highest BCUT2D eigenvalue weighted by atomic mass is 32.2. The van der Waals surface area contributed by atoms with Gasteiger partial charge in [-0.05, 0) is 12.1 Å². The molecule has 0 saturated carbocycles. The van der Waals surface area contributed by atoms with Gasteiger partial charge in [0, 0.05) is 38.8 Å². The first-order chi connectivity index (χ1) is 10.00. The second kappa shape index (κ2) is 6.84. The van der Waals surface area contributed by atoms with E-state index in [1.54, 1.807) is 36.4 Å². The van der Waals surface area contributed by atoms with Crippen molar-refractivity contribution in [3.8, 4) is 0 Å². The molecule has 0 aromatic heterocycles. The fourth-order valence-corrected chi connectivity index (χ4v) is 3.64. The van der Waals surface area contributed by atoms with Crippen LogP contribution < -0.4 is 0 Å². The molecular formula is C14H18N2O4S. The number of sulfonamides is 1. The average Bonchev–Trinajstić information content (AvgIpc) is 2.48. The quantitative estimate of drug-likeness (QED) is 0.807. The largest absolute Gasteiger partial charge is 0.478 e. The third-order valence-corrected chi connectivity index (χ3v) is 5.25. The first-order valence-corrected chi connectivity index (χ1v) is 8.11. The highest BCUT2D eigenvalue weighted by Gasteiger charge is 2.27. The smallest absolute Gasteiger partial charge is 0.328 e. The third-order valence-electron chi connectivity index (χ3n) is 3.34. The van der Waals surface area contributed by atoms with E-state index in [9.17, 15) is 13.2 Å². The molecule has 0 bridgehead atoms. The Labute approximate surface area is 124 Å². The van der Waals surface area contributed by atoms with Crippen LogP contribution in [0.25, 0.3) is 0 Å².